The van der Waals surface area contributed by atoms with E-state index in [0.29, 0.717) is 0 Å². The highest BCUT2D eigenvalue weighted by Gasteiger charge is 2.52. The highest BCUT2D eigenvalue weighted by molar-refractivity contribution is 5.83. The minimum Gasteiger partial charge on any atom is -0.508 e. The molecule has 0 radical (unpaired) electrons. The molecular weight excluding hydrogens is 396 g/mol. The lowest BCUT2D eigenvalue weighted by Crippen LogP contribution is -2.23. The fourth-order valence-electron chi connectivity index (χ4n) is 3.00. The number of nitro groups is 4. The second kappa shape index (κ2) is 6.99. The van der Waals surface area contributed by atoms with Gasteiger partial charge in [-0.25, -0.2) is 0 Å². The fourth-order valence-corrected chi connectivity index (χ4v) is 3.00. The topological polar surface area (TPSA) is 213 Å². The number of rotatable bonds is 6. The van der Waals surface area contributed by atoms with Crippen molar-refractivity contribution in [3.05, 3.63) is 75.8 Å². The number of nitro benzene ring substituents is 4. The first-order chi connectivity index (χ1) is 13.3. The third kappa shape index (κ3) is 3.33. The van der Waals surface area contributed by atoms with Gasteiger partial charge in [0.2, 0.25) is 0 Å². The molecule has 2 rings (SSSR count). The van der Waals surface area contributed by atoms with Crippen LogP contribution in [0.15, 0.2) is 24.3 Å². The van der Waals surface area contributed by atoms with Crippen LogP contribution >= 0.6 is 0 Å². The first-order valence-electron chi connectivity index (χ1n) is 7.62. The summed E-state index contributed by atoms with van der Waals surface area (Å²) in [5.74, 6) is -1.99. The number of aromatic hydroxyl groups is 2. The summed E-state index contributed by atoms with van der Waals surface area (Å²) in [7, 11) is 0. The zero-order valence-electron chi connectivity index (χ0n) is 14.8. The van der Waals surface area contributed by atoms with Gasteiger partial charge in [0.05, 0.1) is 19.7 Å². The summed E-state index contributed by atoms with van der Waals surface area (Å²) in [6.45, 7) is 2.44. The maximum atomic E-state index is 11.6. The van der Waals surface area contributed by atoms with Gasteiger partial charge in [-0.05, 0) is 17.7 Å². The molecule has 0 atom stereocenters. The van der Waals surface area contributed by atoms with Gasteiger partial charge in [-0.15, -0.1) is 0 Å². The van der Waals surface area contributed by atoms with Gasteiger partial charge in [-0.1, -0.05) is 26.0 Å². The standard InChI is InChI=1S/C15H12N4O10/c1-15(2,7-3-5-8(20)6-4-7)9-10(16(22)23)12(18(26)27)14(21)13(19(28)29)11(9)17(24)25/h3-6,20-21H,1-2H3. The molecule has 0 saturated heterocycles. The van der Waals surface area contributed by atoms with Crippen LogP contribution in [0.2, 0.25) is 0 Å². The molecule has 0 bridgehead atoms. The zero-order chi connectivity index (χ0) is 22.3. The van der Waals surface area contributed by atoms with Crippen LogP contribution in [0.1, 0.15) is 25.0 Å². The quantitative estimate of drug-likeness (QED) is 0.526. The molecule has 0 spiro atoms. The Morgan fingerprint density at radius 1 is 0.690 bits per heavy atom. The Hall–Kier alpha value is -4.36. The molecule has 2 aromatic rings. The molecule has 0 saturated carbocycles. The third-order valence-corrected chi connectivity index (χ3v) is 4.32. The zero-order valence-corrected chi connectivity index (χ0v) is 14.8. The smallest absolute Gasteiger partial charge is 0.395 e. The molecule has 2 N–H and O–H groups in total. The van der Waals surface area contributed by atoms with E-state index >= 15 is 0 Å². The van der Waals surface area contributed by atoms with Gasteiger partial charge < -0.3 is 10.2 Å². The number of phenolic OH excluding ortho intramolecular Hbond substituents is 2. The average molecular weight is 408 g/mol. The van der Waals surface area contributed by atoms with Crippen LogP contribution in [0, 0.1) is 40.5 Å². The number of phenols is 2. The number of benzene rings is 2. The first-order valence-corrected chi connectivity index (χ1v) is 7.62. The van der Waals surface area contributed by atoms with E-state index in [1.54, 1.807) is 0 Å². The Balaban J connectivity index is 3.19. The van der Waals surface area contributed by atoms with Crippen molar-refractivity contribution in [3.8, 4) is 11.5 Å². The minimum absolute atomic E-state index is 0.121. The van der Waals surface area contributed by atoms with E-state index < -0.39 is 59.2 Å². The van der Waals surface area contributed by atoms with Crippen LogP contribution in [0.5, 0.6) is 11.5 Å². The summed E-state index contributed by atoms with van der Waals surface area (Å²) in [4.78, 5) is 40.6. The second-order valence-corrected chi connectivity index (χ2v) is 6.32. The first kappa shape index (κ1) is 20.9. The van der Waals surface area contributed by atoms with E-state index in [0.717, 1.165) is 12.1 Å². The third-order valence-electron chi connectivity index (χ3n) is 4.32. The molecule has 0 aliphatic rings. The van der Waals surface area contributed by atoms with E-state index in [2.05, 4.69) is 0 Å². The van der Waals surface area contributed by atoms with Crippen molar-refractivity contribution >= 4 is 22.7 Å². The molecule has 152 valence electrons. The summed E-state index contributed by atoms with van der Waals surface area (Å²) in [5, 5.41) is 65.4. The fraction of sp³-hybridized carbons (Fsp3) is 0.200. The molecule has 0 unspecified atom stereocenters. The minimum atomic E-state index is -1.79. The molecule has 14 heteroatoms. The van der Waals surface area contributed by atoms with Crippen LogP contribution < -0.4 is 0 Å². The summed E-state index contributed by atoms with van der Waals surface area (Å²) in [5.41, 5.74) is -8.71. The van der Waals surface area contributed by atoms with Gasteiger partial charge >= 0.3 is 22.7 Å². The van der Waals surface area contributed by atoms with Crippen molar-refractivity contribution in [1.29, 1.82) is 0 Å². The molecule has 2 aromatic carbocycles. The Morgan fingerprint density at radius 2 is 1.03 bits per heavy atom. The summed E-state index contributed by atoms with van der Waals surface area (Å²) in [6.07, 6.45) is 0. The van der Waals surface area contributed by atoms with Gasteiger partial charge in [-0.3, -0.25) is 40.5 Å². The van der Waals surface area contributed by atoms with E-state index in [9.17, 15) is 50.7 Å². The number of hydrogen-bond acceptors (Lipinski definition) is 10. The van der Waals surface area contributed by atoms with E-state index in [1.807, 2.05) is 0 Å². The lowest BCUT2D eigenvalue weighted by molar-refractivity contribution is -0.436. The Labute approximate surface area is 160 Å². The summed E-state index contributed by atoms with van der Waals surface area (Å²) >= 11 is 0. The molecule has 0 amide bonds. The Morgan fingerprint density at radius 3 is 1.34 bits per heavy atom. The summed E-state index contributed by atoms with van der Waals surface area (Å²) < 4.78 is 0. The van der Waals surface area contributed by atoms with Crippen molar-refractivity contribution in [3.63, 3.8) is 0 Å². The highest BCUT2D eigenvalue weighted by Crippen LogP contribution is 2.56. The molecule has 14 nitrogen and oxygen atoms in total. The van der Waals surface area contributed by atoms with Crippen molar-refractivity contribution in [1.82, 2.24) is 0 Å². The second-order valence-electron chi connectivity index (χ2n) is 6.32. The maximum Gasteiger partial charge on any atom is 0.395 e. The summed E-state index contributed by atoms with van der Waals surface area (Å²) in [6, 6.07) is 4.82. The van der Waals surface area contributed by atoms with Gasteiger partial charge in [0.1, 0.15) is 11.3 Å². The molecule has 0 aromatic heterocycles. The molecule has 0 aliphatic carbocycles. The van der Waals surface area contributed by atoms with Gasteiger partial charge in [0.25, 0.3) is 5.75 Å². The SMILES string of the molecule is CC(C)(c1ccc(O)cc1)c1c([N+](=O)[O-])c([N+](=O)[O-])c(O)c([N+](=O)[O-])c1[N+](=O)[O-]. The van der Waals surface area contributed by atoms with Crippen LogP contribution in [0.4, 0.5) is 22.7 Å². The van der Waals surface area contributed by atoms with Crippen molar-refractivity contribution in [2.24, 2.45) is 0 Å². The van der Waals surface area contributed by atoms with E-state index in [-0.39, 0.29) is 11.3 Å². The van der Waals surface area contributed by atoms with Crippen LogP contribution in [0.25, 0.3) is 0 Å². The van der Waals surface area contributed by atoms with Crippen molar-refractivity contribution < 1.29 is 29.9 Å². The van der Waals surface area contributed by atoms with E-state index in [1.165, 1.54) is 26.0 Å². The monoisotopic (exact) mass is 408 g/mol. The van der Waals surface area contributed by atoms with Crippen molar-refractivity contribution in [2.75, 3.05) is 0 Å². The normalized spacial score (nSPS) is 11.1. The molecule has 0 fully saturated rings. The predicted molar refractivity (Wildman–Crippen MR) is 95.0 cm³/mol. The van der Waals surface area contributed by atoms with Gasteiger partial charge in [0, 0.05) is 5.41 Å². The highest BCUT2D eigenvalue weighted by atomic mass is 16.7. The largest absolute Gasteiger partial charge is 0.508 e. The molecular formula is C15H12N4O10. The lowest BCUT2D eigenvalue weighted by atomic mass is 9.75. The molecule has 0 heterocycles. The maximum absolute atomic E-state index is 11.6. The predicted octanol–water partition coefficient (Wildman–Crippen LogP) is 3.06. The average Bonchev–Trinajstić information content (AvgIpc) is 2.59. The lowest BCUT2D eigenvalue weighted by Gasteiger charge is -2.25. The van der Waals surface area contributed by atoms with Gasteiger partial charge in [0.15, 0.2) is 0 Å². The van der Waals surface area contributed by atoms with Crippen molar-refractivity contribution in [2.45, 2.75) is 19.3 Å². The number of nitrogens with zero attached hydrogens (tertiary/aromatic N) is 4. The Kier molecular flexibility index (Phi) is 5.05. The van der Waals surface area contributed by atoms with Crippen LogP contribution in [-0.4, -0.2) is 29.9 Å². The molecule has 0 aliphatic heterocycles. The Bertz CT molecular complexity index is 1010. The van der Waals surface area contributed by atoms with E-state index in [4.69, 9.17) is 0 Å². The van der Waals surface area contributed by atoms with Gasteiger partial charge in [-0.2, -0.15) is 0 Å². The van der Waals surface area contributed by atoms with Crippen LogP contribution in [-0.2, 0) is 5.41 Å². The molecule has 29 heavy (non-hydrogen) atoms. The van der Waals surface area contributed by atoms with Crippen LogP contribution in [0.3, 0.4) is 0 Å². The number of hydrogen-bond donors (Lipinski definition) is 2.